The van der Waals surface area contributed by atoms with Crippen LogP contribution in [0.25, 0.3) is 0 Å². The number of nitrogens with one attached hydrogen (secondary N) is 1. The third-order valence-electron chi connectivity index (χ3n) is 3.70. The molecule has 6 heteroatoms. The summed E-state index contributed by atoms with van der Waals surface area (Å²) < 4.78 is 23.9. The molecule has 0 fully saturated rings. The smallest absolute Gasteiger partial charge is 0.251 e. The number of carbonyl (C=O) groups excluding carboxylic acids is 1. The van der Waals surface area contributed by atoms with Gasteiger partial charge in [0.1, 0.15) is 0 Å². The Hall–Kier alpha value is -2.65. The maximum Gasteiger partial charge on any atom is 0.251 e. The number of benzene rings is 2. The summed E-state index contributed by atoms with van der Waals surface area (Å²) in [5, 5.41) is 11.8. The van der Waals surface area contributed by atoms with E-state index in [1.807, 2.05) is 6.07 Å². The van der Waals surface area contributed by atoms with Gasteiger partial charge in [-0.2, -0.15) is 5.26 Å². The summed E-state index contributed by atoms with van der Waals surface area (Å²) >= 11 is 0. The van der Waals surface area contributed by atoms with E-state index < -0.39 is 9.84 Å². The second-order valence-corrected chi connectivity index (χ2v) is 7.64. The molecule has 5 nitrogen and oxygen atoms in total. The molecular weight excluding hydrogens is 324 g/mol. The van der Waals surface area contributed by atoms with Gasteiger partial charge in [0.2, 0.25) is 0 Å². The van der Waals surface area contributed by atoms with Gasteiger partial charge in [0, 0.05) is 5.56 Å². The van der Waals surface area contributed by atoms with Gasteiger partial charge in [0.25, 0.3) is 5.91 Å². The van der Waals surface area contributed by atoms with Gasteiger partial charge < -0.3 is 5.32 Å². The maximum absolute atomic E-state index is 12.4. The predicted molar refractivity (Wildman–Crippen MR) is 91.2 cm³/mol. The van der Waals surface area contributed by atoms with Crippen molar-refractivity contribution < 1.29 is 13.2 Å². The van der Waals surface area contributed by atoms with Crippen LogP contribution in [0.2, 0.25) is 0 Å². The van der Waals surface area contributed by atoms with Crippen molar-refractivity contribution in [1.82, 2.24) is 5.32 Å². The van der Waals surface area contributed by atoms with E-state index in [4.69, 9.17) is 5.26 Å². The summed E-state index contributed by atoms with van der Waals surface area (Å²) in [6.07, 6.45) is 0. The van der Waals surface area contributed by atoms with E-state index in [1.165, 1.54) is 12.1 Å². The van der Waals surface area contributed by atoms with E-state index in [1.54, 1.807) is 44.2 Å². The molecule has 0 spiro atoms. The molecule has 1 atom stereocenters. The number of rotatable bonds is 5. The zero-order valence-electron chi connectivity index (χ0n) is 13.5. The van der Waals surface area contributed by atoms with Crippen molar-refractivity contribution in [2.75, 3.05) is 5.75 Å². The van der Waals surface area contributed by atoms with Crippen molar-refractivity contribution in [3.8, 4) is 6.07 Å². The number of hydrogen-bond donors (Lipinski definition) is 1. The Balaban J connectivity index is 2.21. The first-order chi connectivity index (χ1) is 11.4. The van der Waals surface area contributed by atoms with Gasteiger partial charge >= 0.3 is 0 Å². The van der Waals surface area contributed by atoms with Crippen LogP contribution in [0.5, 0.6) is 0 Å². The molecule has 0 radical (unpaired) electrons. The van der Waals surface area contributed by atoms with E-state index in [-0.39, 0.29) is 28.2 Å². The van der Waals surface area contributed by atoms with Crippen LogP contribution in [-0.4, -0.2) is 20.1 Å². The molecule has 0 saturated carbocycles. The molecule has 0 bridgehead atoms. The summed E-state index contributed by atoms with van der Waals surface area (Å²) in [4.78, 5) is 12.5. The topological polar surface area (TPSA) is 87.0 Å². The highest BCUT2D eigenvalue weighted by Crippen LogP contribution is 2.17. The van der Waals surface area contributed by atoms with Crippen molar-refractivity contribution in [3.05, 3.63) is 65.2 Å². The second kappa shape index (κ2) is 7.28. The third kappa shape index (κ3) is 4.00. The van der Waals surface area contributed by atoms with Crippen molar-refractivity contribution in [2.45, 2.75) is 24.8 Å². The average molecular weight is 342 g/mol. The van der Waals surface area contributed by atoms with Crippen LogP contribution in [-0.2, 0) is 9.84 Å². The minimum absolute atomic E-state index is 0.0184. The Kier molecular flexibility index (Phi) is 5.37. The Labute approximate surface area is 141 Å². The van der Waals surface area contributed by atoms with Gasteiger partial charge in [-0.15, -0.1) is 0 Å². The van der Waals surface area contributed by atoms with Crippen LogP contribution >= 0.6 is 0 Å². The van der Waals surface area contributed by atoms with Crippen molar-refractivity contribution in [1.29, 1.82) is 5.26 Å². The monoisotopic (exact) mass is 342 g/mol. The molecule has 0 saturated heterocycles. The molecule has 124 valence electrons. The molecule has 0 aliphatic carbocycles. The van der Waals surface area contributed by atoms with Crippen LogP contribution in [0.3, 0.4) is 0 Å². The molecule has 2 rings (SSSR count). The summed E-state index contributed by atoms with van der Waals surface area (Å²) in [7, 11) is -3.36. The van der Waals surface area contributed by atoms with Gasteiger partial charge in [-0.05, 0) is 42.8 Å². The molecule has 2 aromatic rings. The van der Waals surface area contributed by atoms with E-state index in [0.717, 1.165) is 5.56 Å². The Morgan fingerprint density at radius 2 is 1.92 bits per heavy atom. The zero-order chi connectivity index (χ0) is 17.7. The number of amides is 1. The zero-order valence-corrected chi connectivity index (χ0v) is 14.3. The van der Waals surface area contributed by atoms with Gasteiger partial charge in [0.15, 0.2) is 9.84 Å². The van der Waals surface area contributed by atoms with Crippen molar-refractivity contribution in [2.24, 2.45) is 0 Å². The minimum Gasteiger partial charge on any atom is -0.346 e. The largest absolute Gasteiger partial charge is 0.346 e. The standard InChI is InChI=1S/C18H18N2O3S/c1-3-24(22,23)17-9-5-8-16(11-17)18(21)20-13(2)15-7-4-6-14(10-15)12-19/h4-11,13H,3H2,1-2H3,(H,20,21). The fourth-order valence-corrected chi connectivity index (χ4v) is 3.16. The lowest BCUT2D eigenvalue weighted by molar-refractivity contribution is 0.0939. The maximum atomic E-state index is 12.4. The van der Waals surface area contributed by atoms with E-state index in [9.17, 15) is 13.2 Å². The van der Waals surface area contributed by atoms with Crippen molar-refractivity contribution in [3.63, 3.8) is 0 Å². The average Bonchev–Trinajstić information content (AvgIpc) is 2.61. The summed E-state index contributed by atoms with van der Waals surface area (Å²) in [5.74, 6) is -0.381. The molecule has 1 amide bonds. The lowest BCUT2D eigenvalue weighted by Gasteiger charge is -2.15. The molecule has 0 aliphatic rings. The number of hydrogen-bond acceptors (Lipinski definition) is 4. The normalized spacial score (nSPS) is 12.2. The fourth-order valence-electron chi connectivity index (χ4n) is 2.24. The highest BCUT2D eigenvalue weighted by Gasteiger charge is 2.16. The van der Waals surface area contributed by atoms with Gasteiger partial charge in [-0.3, -0.25) is 4.79 Å². The highest BCUT2D eigenvalue weighted by molar-refractivity contribution is 7.91. The second-order valence-electron chi connectivity index (χ2n) is 5.36. The quantitative estimate of drug-likeness (QED) is 0.905. The number of nitrogens with zero attached hydrogens (tertiary/aromatic N) is 1. The molecule has 0 heterocycles. The number of sulfone groups is 1. The molecule has 24 heavy (non-hydrogen) atoms. The fraction of sp³-hybridized carbons (Fsp3) is 0.222. The Bertz CT molecular complexity index is 898. The van der Waals surface area contributed by atoms with Crippen LogP contribution in [0, 0.1) is 11.3 Å². The first-order valence-corrected chi connectivity index (χ1v) is 9.16. The summed E-state index contributed by atoms with van der Waals surface area (Å²) in [6, 6.07) is 14.7. The summed E-state index contributed by atoms with van der Waals surface area (Å²) in [5.41, 5.74) is 1.61. The van der Waals surface area contributed by atoms with E-state index in [2.05, 4.69) is 11.4 Å². The first kappa shape index (κ1) is 17.7. The van der Waals surface area contributed by atoms with E-state index >= 15 is 0 Å². The minimum atomic E-state index is -3.36. The Morgan fingerprint density at radius 3 is 2.58 bits per heavy atom. The number of nitriles is 1. The lowest BCUT2D eigenvalue weighted by Crippen LogP contribution is -2.26. The van der Waals surface area contributed by atoms with Crippen molar-refractivity contribution >= 4 is 15.7 Å². The molecule has 2 aromatic carbocycles. The first-order valence-electron chi connectivity index (χ1n) is 7.51. The van der Waals surface area contributed by atoms with Gasteiger partial charge in [0.05, 0.1) is 28.3 Å². The highest BCUT2D eigenvalue weighted by atomic mass is 32.2. The molecule has 1 unspecified atom stereocenters. The molecule has 0 aromatic heterocycles. The molecule has 0 aliphatic heterocycles. The van der Waals surface area contributed by atoms with Crippen LogP contribution in [0.15, 0.2) is 53.4 Å². The molecular formula is C18H18N2O3S. The van der Waals surface area contributed by atoms with E-state index in [0.29, 0.717) is 5.56 Å². The van der Waals surface area contributed by atoms with Crippen LogP contribution in [0.4, 0.5) is 0 Å². The summed E-state index contributed by atoms with van der Waals surface area (Å²) in [6.45, 7) is 3.37. The predicted octanol–water partition coefficient (Wildman–Crippen LogP) is 2.84. The molecule has 1 N–H and O–H groups in total. The third-order valence-corrected chi connectivity index (χ3v) is 5.43. The van der Waals surface area contributed by atoms with Crippen LogP contribution in [0.1, 0.15) is 41.4 Å². The lowest BCUT2D eigenvalue weighted by atomic mass is 10.1. The number of carbonyl (C=O) groups is 1. The van der Waals surface area contributed by atoms with Gasteiger partial charge in [-0.1, -0.05) is 25.1 Å². The van der Waals surface area contributed by atoms with Crippen LogP contribution < -0.4 is 5.32 Å². The Morgan fingerprint density at radius 1 is 1.21 bits per heavy atom. The van der Waals surface area contributed by atoms with Gasteiger partial charge in [-0.25, -0.2) is 8.42 Å². The SMILES string of the molecule is CCS(=O)(=O)c1cccc(C(=O)NC(C)c2cccc(C#N)c2)c1.